The van der Waals surface area contributed by atoms with Gasteiger partial charge in [-0.15, -0.1) is 0 Å². The van der Waals surface area contributed by atoms with E-state index in [0.717, 1.165) is 0 Å². The lowest BCUT2D eigenvalue weighted by Crippen LogP contribution is -2.62. The Labute approximate surface area is 214 Å². The summed E-state index contributed by atoms with van der Waals surface area (Å²) in [6.07, 6.45) is 2.08. The zero-order chi connectivity index (χ0) is 28.2. The molecular formula is C24H43N4O6P. The first-order valence-electron chi connectivity index (χ1n) is 13.0. The smallest absolute Gasteiger partial charge is 0.259 e. The normalized spacial score (nSPS) is 25.0. The minimum atomic E-state index is -1.48. The van der Waals surface area contributed by atoms with E-state index in [9.17, 15) is 9.59 Å². The predicted octanol–water partition coefficient (Wildman–Crippen LogP) is 3.03. The van der Waals surface area contributed by atoms with Crippen LogP contribution in [-0.4, -0.2) is 103 Å². The average molecular weight is 518 g/mol. The molecule has 0 aromatic carbocycles. The molecule has 2 aliphatic heterocycles. The van der Waals surface area contributed by atoms with Gasteiger partial charge in [-0.2, -0.15) is 0 Å². The van der Waals surface area contributed by atoms with E-state index in [-0.39, 0.29) is 62.9 Å². The number of carbonyl (C=O) groups is 2. The van der Waals surface area contributed by atoms with E-state index in [1.54, 1.807) is 0 Å². The molecule has 0 spiro atoms. The molecule has 1 saturated heterocycles. The molecule has 1 fully saturated rings. The maximum Gasteiger partial charge on any atom is 0.259 e. The van der Waals surface area contributed by atoms with E-state index in [0.29, 0.717) is 13.1 Å². The first kappa shape index (κ1) is 28.1. The van der Waals surface area contributed by atoms with Crippen molar-refractivity contribution in [3.05, 3.63) is 23.7 Å². The van der Waals surface area contributed by atoms with Gasteiger partial charge in [0.05, 0.1) is 13.0 Å². The van der Waals surface area contributed by atoms with E-state index in [2.05, 4.69) is 61.1 Å². The van der Waals surface area contributed by atoms with Gasteiger partial charge in [-0.05, 0) is 54.5 Å². The number of hydrogen-bond donors (Lipinski definition) is 1. The minimum Gasteiger partial charge on any atom is -0.400 e. The van der Waals surface area contributed by atoms with Crippen molar-refractivity contribution >= 4 is 20.2 Å². The molecule has 0 bridgehead atoms. The van der Waals surface area contributed by atoms with Gasteiger partial charge in [0, 0.05) is 45.9 Å². The second-order valence-corrected chi connectivity index (χ2v) is 10.8. The molecule has 11 heteroatoms. The van der Waals surface area contributed by atoms with Crippen LogP contribution in [0.5, 0.6) is 0 Å². The summed E-state index contributed by atoms with van der Waals surface area (Å²) in [6.45, 7) is 21.0. The van der Waals surface area contributed by atoms with Crippen LogP contribution in [0.2, 0.25) is 0 Å². The summed E-state index contributed by atoms with van der Waals surface area (Å²) >= 11 is 0. The monoisotopic (exact) mass is 517 g/mol. The zero-order valence-corrected chi connectivity index (χ0v) is 23.0. The summed E-state index contributed by atoms with van der Waals surface area (Å²) in [7, 11) is -0.190. The van der Waals surface area contributed by atoms with Gasteiger partial charge < -0.3 is 23.7 Å². The van der Waals surface area contributed by atoms with Crippen LogP contribution in [-0.2, 0) is 23.4 Å². The molecule has 2 rings (SSSR count). The van der Waals surface area contributed by atoms with E-state index in [1.165, 1.54) is 24.3 Å². The first-order valence-corrected chi connectivity index (χ1v) is 13.0. The molecule has 0 radical (unpaired) electrons. The van der Waals surface area contributed by atoms with Crippen molar-refractivity contribution in [2.24, 2.45) is 0 Å². The third kappa shape index (κ3) is 9.51. The Bertz CT molecular complexity index is 790. The van der Waals surface area contributed by atoms with Gasteiger partial charge in [-0.25, -0.2) is 11.2 Å². The lowest BCUT2D eigenvalue weighted by molar-refractivity contribution is -0.206. The van der Waals surface area contributed by atoms with Crippen molar-refractivity contribution in [2.45, 2.75) is 84.8 Å². The van der Waals surface area contributed by atoms with Gasteiger partial charge in [0.15, 0.2) is 5.78 Å². The van der Waals surface area contributed by atoms with E-state index >= 15 is 0 Å². The summed E-state index contributed by atoms with van der Waals surface area (Å²) in [5.74, 6) is -0.532. The van der Waals surface area contributed by atoms with E-state index in [4.69, 9.17) is 23.2 Å². The number of nitrogens with zero attached hydrogens (tertiary/aromatic N) is 4. The number of ketones is 1. The number of hydrogen-bond acceptors (Lipinski definition) is 8. The predicted molar refractivity (Wildman–Crippen MR) is 136 cm³/mol. The SMILES string of the molecule is [2H]C[C@@]1(COP(OCC[N+]#[C-])N(C(C)C)C(C)C)CN(C(C)C)C[C@H](N2C=CC(=O)CC2=O)O1.[3H]OC. The Hall–Kier alpha value is -1.44. The van der Waals surface area contributed by atoms with Gasteiger partial charge in [0.25, 0.3) is 8.53 Å². The summed E-state index contributed by atoms with van der Waals surface area (Å²) < 4.78 is 34.9. The van der Waals surface area contributed by atoms with Crippen molar-refractivity contribution in [1.29, 1.82) is 1.43 Å². The number of amides is 1. The number of allylic oxidation sites excluding steroid dienone is 1. The van der Waals surface area contributed by atoms with Crippen molar-refractivity contribution in [3.63, 3.8) is 0 Å². The summed E-state index contributed by atoms with van der Waals surface area (Å²) in [4.78, 5) is 31.2. The Morgan fingerprint density at radius 1 is 1.37 bits per heavy atom. The molecule has 1 unspecified atom stereocenters. The van der Waals surface area contributed by atoms with Crippen LogP contribution < -0.4 is 0 Å². The number of aliphatic hydroxyl groups excluding tert-OH is 1. The average Bonchev–Trinajstić information content (AvgIpc) is 2.82. The molecule has 35 heavy (non-hydrogen) atoms. The highest BCUT2D eigenvalue weighted by Crippen LogP contribution is 2.47. The highest BCUT2D eigenvalue weighted by molar-refractivity contribution is 7.44. The van der Waals surface area contributed by atoms with Crippen molar-refractivity contribution in [1.82, 2.24) is 14.5 Å². The second-order valence-electron chi connectivity index (χ2n) is 9.33. The Balaban J connectivity index is 0.00000217. The van der Waals surface area contributed by atoms with Gasteiger partial charge in [0.1, 0.15) is 18.4 Å². The minimum absolute atomic E-state index is 0.0635. The van der Waals surface area contributed by atoms with Gasteiger partial charge in [-0.1, -0.05) is 0 Å². The maximum absolute atomic E-state index is 12.6. The topological polar surface area (TPSA) is 96.1 Å². The third-order valence-electron chi connectivity index (χ3n) is 5.43. The number of rotatable bonds is 11. The second kappa shape index (κ2) is 15.0. The van der Waals surface area contributed by atoms with Crippen molar-refractivity contribution < 1.29 is 29.9 Å². The molecular weight excluding hydrogens is 471 g/mol. The van der Waals surface area contributed by atoms with Crippen molar-refractivity contribution in [3.8, 4) is 0 Å². The maximum atomic E-state index is 12.6. The van der Waals surface area contributed by atoms with E-state index in [1.807, 2.05) is 0 Å². The lowest BCUT2D eigenvalue weighted by Gasteiger charge is -2.49. The fourth-order valence-electron chi connectivity index (χ4n) is 3.90. The zero-order valence-electron chi connectivity index (χ0n) is 24.1. The van der Waals surface area contributed by atoms with Gasteiger partial charge in [0.2, 0.25) is 13.9 Å². The van der Waals surface area contributed by atoms with Crippen LogP contribution in [0.3, 0.4) is 0 Å². The summed E-state index contributed by atoms with van der Waals surface area (Å²) in [5.41, 5.74) is -0.980. The molecule has 1 N–H and O–H groups in total. The molecule has 0 saturated carbocycles. The van der Waals surface area contributed by atoms with Crippen LogP contribution in [0, 0.1) is 6.57 Å². The first-order chi connectivity index (χ1) is 17.4. The van der Waals surface area contributed by atoms with Crippen LogP contribution >= 0.6 is 8.53 Å². The van der Waals surface area contributed by atoms with Gasteiger partial charge >= 0.3 is 0 Å². The number of morpholine rings is 1. The standard InChI is InChI=1S/C23H39N4O5P.CH4O/c1-17(2)25-14-22(26-11-9-20(28)13-21(26)29)32-23(7,15-25)16-31-33(30-12-10-24-8)27(18(3)4)19(5)6;1-2/h9,11,17-19,22H,10,12-16H2,1-7H3;2H,1H3/t22-,23+,33?;/m1./s1/i7D;2T. The Morgan fingerprint density at radius 3 is 2.54 bits per heavy atom. The summed E-state index contributed by atoms with van der Waals surface area (Å²) in [6, 6.07) is 0.487. The molecule has 0 aromatic rings. The van der Waals surface area contributed by atoms with Gasteiger partial charge in [-0.3, -0.25) is 19.4 Å². The largest absolute Gasteiger partial charge is 0.400 e. The molecule has 0 aromatic heterocycles. The summed E-state index contributed by atoms with van der Waals surface area (Å²) in [5, 5.41) is 3.50. The van der Waals surface area contributed by atoms with Crippen LogP contribution in [0.15, 0.2) is 12.3 Å². The van der Waals surface area contributed by atoms with Crippen molar-refractivity contribution in [2.75, 3.05) is 40.0 Å². The third-order valence-corrected chi connectivity index (χ3v) is 7.49. The molecule has 2 aliphatic rings. The van der Waals surface area contributed by atoms with Crippen LogP contribution in [0.1, 0.15) is 56.2 Å². The molecule has 200 valence electrons. The van der Waals surface area contributed by atoms with E-state index < -0.39 is 20.4 Å². The Morgan fingerprint density at radius 2 is 2.03 bits per heavy atom. The molecule has 10 nitrogen and oxygen atoms in total. The Kier molecular flexibility index (Phi) is 12.0. The molecule has 1 amide bonds. The fraction of sp³-hybridized carbons (Fsp3) is 0.792. The molecule has 2 heterocycles. The van der Waals surface area contributed by atoms with Crippen LogP contribution in [0.4, 0.5) is 0 Å². The number of aliphatic hydroxyl groups is 1. The quantitative estimate of drug-likeness (QED) is 0.193. The fourth-order valence-corrected chi connectivity index (χ4v) is 5.58. The lowest BCUT2D eigenvalue weighted by atomic mass is 10.0. The molecule has 3 atom stereocenters. The molecule has 0 aliphatic carbocycles. The van der Waals surface area contributed by atoms with Crippen LogP contribution in [0.25, 0.3) is 4.85 Å². The number of carbonyl (C=O) groups excluding carboxylic acids is 2. The highest BCUT2D eigenvalue weighted by atomic mass is 31.2. The number of ether oxygens (including phenoxy) is 1. The highest BCUT2D eigenvalue weighted by Gasteiger charge is 2.43.